The molecule has 15 heteroatoms. The average molecular weight is 727 g/mol. The van der Waals surface area contributed by atoms with Crippen molar-refractivity contribution >= 4 is 46.5 Å². The van der Waals surface area contributed by atoms with Crippen molar-refractivity contribution in [2.45, 2.75) is 64.3 Å². The van der Waals surface area contributed by atoms with Crippen LogP contribution in [0.3, 0.4) is 0 Å². The van der Waals surface area contributed by atoms with Crippen molar-refractivity contribution in [1.29, 1.82) is 0 Å². The van der Waals surface area contributed by atoms with Gasteiger partial charge in [0.2, 0.25) is 11.8 Å². The number of carbonyl (C=O) groups excluding carboxylic acids is 4. The van der Waals surface area contributed by atoms with Gasteiger partial charge in [0.1, 0.15) is 6.10 Å². The van der Waals surface area contributed by atoms with Crippen molar-refractivity contribution in [2.24, 2.45) is 5.92 Å². The molecule has 5 amide bonds. The number of hydrogen-bond donors (Lipinski definition) is 5. The standard InChI is InChI=1S/C37H45F3N6O6/c1-23-20-46(24(2)22-47)35(50)27-10-9-13-30(44-33(49)15-6-4-5-14-32(48)43-29-12-8-7-11-28(29)41)34(27)52-31(23)21-45(3)36(51)42-26-18-16-25(17-19-26)37(38,39)40/h7-13,16-19,23-24,31,47H,4-6,14-15,20-22,41H2,1-3H3,(H,42,51)(H,43,48)(H,44,49)/t23-,24+,31+/m1/s1. The van der Waals surface area contributed by atoms with E-state index in [9.17, 15) is 37.5 Å². The number of urea groups is 1. The number of nitrogens with one attached hydrogen (secondary N) is 3. The van der Waals surface area contributed by atoms with Crippen LogP contribution in [0.2, 0.25) is 0 Å². The van der Waals surface area contributed by atoms with Gasteiger partial charge in [-0.3, -0.25) is 14.4 Å². The highest BCUT2D eigenvalue weighted by atomic mass is 19.4. The number of hydrogen-bond acceptors (Lipinski definition) is 7. The minimum atomic E-state index is -4.51. The van der Waals surface area contributed by atoms with Crippen molar-refractivity contribution in [3.8, 4) is 5.75 Å². The Kier molecular flexibility index (Phi) is 13.5. The number of fused-ring (bicyclic) bond motifs is 1. The van der Waals surface area contributed by atoms with Crippen LogP contribution in [-0.2, 0) is 15.8 Å². The number of benzene rings is 3. The SMILES string of the molecule is C[C@@H]1CN([C@@H](C)CO)C(=O)c2cccc(NC(=O)CCCCCC(=O)Nc3ccccc3N)c2O[C@H]1CN(C)C(=O)Nc1ccc(C(F)(F)F)cc1. The molecular weight excluding hydrogens is 681 g/mol. The summed E-state index contributed by atoms with van der Waals surface area (Å²) in [6, 6.07) is 14.7. The van der Waals surface area contributed by atoms with E-state index in [-0.39, 0.29) is 73.0 Å². The van der Waals surface area contributed by atoms with E-state index in [1.54, 1.807) is 49.4 Å². The van der Waals surface area contributed by atoms with Crippen LogP contribution < -0.4 is 26.4 Å². The number of aliphatic hydroxyl groups is 1. The van der Waals surface area contributed by atoms with Crippen LogP contribution in [0.4, 0.5) is 40.7 Å². The first-order valence-electron chi connectivity index (χ1n) is 17.0. The third-order valence-electron chi connectivity index (χ3n) is 8.77. The second-order valence-electron chi connectivity index (χ2n) is 12.9. The molecule has 280 valence electrons. The number of halogens is 3. The molecule has 0 aliphatic carbocycles. The van der Waals surface area contributed by atoms with Crippen LogP contribution in [0.15, 0.2) is 66.7 Å². The highest BCUT2D eigenvalue weighted by Crippen LogP contribution is 2.35. The van der Waals surface area contributed by atoms with E-state index < -0.39 is 35.8 Å². The second kappa shape index (κ2) is 17.8. The van der Waals surface area contributed by atoms with E-state index in [1.807, 2.05) is 6.92 Å². The lowest BCUT2D eigenvalue weighted by atomic mass is 9.99. The van der Waals surface area contributed by atoms with E-state index in [4.69, 9.17) is 10.5 Å². The summed E-state index contributed by atoms with van der Waals surface area (Å²) in [6.45, 7) is 3.44. The van der Waals surface area contributed by atoms with Gasteiger partial charge >= 0.3 is 12.2 Å². The zero-order valence-electron chi connectivity index (χ0n) is 29.3. The highest BCUT2D eigenvalue weighted by molar-refractivity contribution is 6.01. The van der Waals surface area contributed by atoms with Crippen molar-refractivity contribution < 1.29 is 42.2 Å². The Bertz CT molecular complexity index is 1720. The van der Waals surface area contributed by atoms with E-state index in [0.717, 1.165) is 24.3 Å². The summed E-state index contributed by atoms with van der Waals surface area (Å²) in [5, 5.41) is 18.2. The normalized spacial score (nSPS) is 16.4. The van der Waals surface area contributed by atoms with Crippen LogP contribution in [0, 0.1) is 5.92 Å². The predicted octanol–water partition coefficient (Wildman–Crippen LogP) is 6.20. The van der Waals surface area contributed by atoms with Crippen LogP contribution in [0.25, 0.3) is 0 Å². The van der Waals surface area contributed by atoms with Crippen molar-refractivity contribution in [2.75, 3.05) is 48.4 Å². The Morgan fingerprint density at radius 3 is 2.17 bits per heavy atom. The molecule has 52 heavy (non-hydrogen) atoms. The lowest BCUT2D eigenvalue weighted by Crippen LogP contribution is -2.50. The van der Waals surface area contributed by atoms with Crippen LogP contribution >= 0.6 is 0 Å². The molecule has 3 aromatic carbocycles. The van der Waals surface area contributed by atoms with Crippen molar-refractivity contribution in [3.05, 3.63) is 77.9 Å². The largest absolute Gasteiger partial charge is 0.485 e. The fraction of sp³-hybridized carbons (Fsp3) is 0.405. The number of unbranched alkanes of at least 4 members (excludes halogenated alkanes) is 2. The molecule has 6 N–H and O–H groups in total. The third-order valence-corrected chi connectivity index (χ3v) is 8.77. The summed E-state index contributed by atoms with van der Waals surface area (Å²) in [7, 11) is 1.50. The van der Waals surface area contributed by atoms with Gasteiger partial charge in [0.15, 0.2) is 5.75 Å². The number of nitrogens with zero attached hydrogens (tertiary/aromatic N) is 2. The van der Waals surface area contributed by atoms with Crippen LogP contribution in [-0.4, -0.2) is 77.5 Å². The van der Waals surface area contributed by atoms with Crippen molar-refractivity contribution in [3.63, 3.8) is 0 Å². The number of likely N-dealkylation sites (N-methyl/N-ethyl adjacent to an activating group) is 1. The Labute approximate surface area is 300 Å². The summed E-state index contributed by atoms with van der Waals surface area (Å²) in [5.74, 6) is -1.16. The summed E-state index contributed by atoms with van der Waals surface area (Å²) >= 11 is 0. The third kappa shape index (κ3) is 10.6. The maximum absolute atomic E-state index is 13.8. The van der Waals surface area contributed by atoms with Crippen molar-refractivity contribution in [1.82, 2.24) is 9.80 Å². The van der Waals surface area contributed by atoms with Crippen LogP contribution in [0.5, 0.6) is 5.75 Å². The number of anilines is 4. The Morgan fingerprint density at radius 2 is 1.56 bits per heavy atom. The molecule has 3 aromatic rings. The molecule has 0 fully saturated rings. The number of carbonyl (C=O) groups is 4. The van der Waals surface area contributed by atoms with E-state index in [1.165, 1.54) is 16.8 Å². The molecule has 0 radical (unpaired) electrons. The quantitative estimate of drug-likeness (QED) is 0.103. The van der Waals surface area contributed by atoms with Gasteiger partial charge in [0.05, 0.1) is 47.4 Å². The number of amides is 5. The molecule has 0 spiro atoms. The first kappa shape index (κ1) is 39.5. The molecular formula is C37H45F3N6O6. The van der Waals surface area contributed by atoms with Gasteiger partial charge in [-0.2, -0.15) is 13.2 Å². The molecule has 0 unspecified atom stereocenters. The lowest BCUT2D eigenvalue weighted by Gasteiger charge is -2.38. The maximum Gasteiger partial charge on any atom is 0.416 e. The molecule has 0 saturated carbocycles. The number of nitrogen functional groups attached to an aromatic ring is 1. The van der Waals surface area contributed by atoms with Gasteiger partial charge < -0.3 is 41.3 Å². The summed E-state index contributed by atoms with van der Waals surface area (Å²) in [5.41, 5.74) is 6.63. The number of ether oxygens (including phenoxy) is 1. The molecule has 0 bridgehead atoms. The Hall–Kier alpha value is -5.31. The number of nitrogens with two attached hydrogens (primary N) is 1. The van der Waals surface area contributed by atoms with Gasteiger partial charge in [-0.1, -0.05) is 31.5 Å². The topological polar surface area (TPSA) is 166 Å². The maximum atomic E-state index is 13.8. The fourth-order valence-electron chi connectivity index (χ4n) is 5.66. The lowest BCUT2D eigenvalue weighted by molar-refractivity contribution is -0.137. The predicted molar refractivity (Wildman–Crippen MR) is 192 cm³/mol. The Morgan fingerprint density at radius 1 is 0.942 bits per heavy atom. The van der Waals surface area contributed by atoms with E-state index >= 15 is 0 Å². The summed E-state index contributed by atoms with van der Waals surface area (Å²) < 4.78 is 45.4. The number of para-hydroxylation sites is 3. The number of rotatable bonds is 13. The summed E-state index contributed by atoms with van der Waals surface area (Å²) in [6.07, 6.45) is -3.14. The molecule has 12 nitrogen and oxygen atoms in total. The highest BCUT2D eigenvalue weighted by Gasteiger charge is 2.35. The number of aliphatic hydroxyl groups excluding tert-OH is 1. The van der Waals surface area contributed by atoms with Gasteiger partial charge in [-0.05, 0) is 68.3 Å². The van der Waals surface area contributed by atoms with Crippen LogP contribution in [0.1, 0.15) is 61.9 Å². The zero-order chi connectivity index (χ0) is 38.0. The summed E-state index contributed by atoms with van der Waals surface area (Å²) in [4.78, 5) is 55.1. The van der Waals surface area contributed by atoms with Gasteiger partial charge in [-0.15, -0.1) is 0 Å². The molecule has 0 saturated heterocycles. The molecule has 1 aliphatic rings. The monoisotopic (exact) mass is 726 g/mol. The second-order valence-corrected chi connectivity index (χ2v) is 12.9. The molecule has 1 aliphatic heterocycles. The molecule has 4 rings (SSSR count). The zero-order valence-corrected chi connectivity index (χ0v) is 29.3. The Balaban J connectivity index is 1.42. The van der Waals surface area contributed by atoms with Gasteiger partial charge in [0, 0.05) is 38.0 Å². The average Bonchev–Trinajstić information content (AvgIpc) is 3.10. The minimum Gasteiger partial charge on any atom is -0.485 e. The van der Waals surface area contributed by atoms with E-state index in [0.29, 0.717) is 30.6 Å². The van der Waals surface area contributed by atoms with E-state index in [2.05, 4.69) is 16.0 Å². The molecule has 0 aromatic heterocycles. The van der Waals surface area contributed by atoms with Gasteiger partial charge in [0.25, 0.3) is 5.91 Å². The minimum absolute atomic E-state index is 0.00926. The fourth-order valence-corrected chi connectivity index (χ4v) is 5.66. The smallest absolute Gasteiger partial charge is 0.416 e. The van der Waals surface area contributed by atoms with Gasteiger partial charge in [-0.25, -0.2) is 4.79 Å². The number of alkyl halides is 3. The molecule has 1 heterocycles. The first-order chi connectivity index (χ1) is 24.7. The first-order valence-corrected chi connectivity index (χ1v) is 17.0. The molecule has 3 atom stereocenters.